The molecule has 0 spiro atoms. The standard InChI is InChI=1S/C15H21NO3S/c1-2-11-6-7-12(20-11)13(17)16-10-15(14(18)19)8-4-3-5-9-15/h6-7H,2-5,8-10H2,1H3,(H,16,17)(H,18,19). The molecule has 0 unspecified atom stereocenters. The lowest BCUT2D eigenvalue weighted by Crippen LogP contribution is -2.44. The van der Waals surface area contributed by atoms with Crippen LogP contribution in [0.25, 0.3) is 0 Å². The van der Waals surface area contributed by atoms with Crippen LogP contribution in [0.3, 0.4) is 0 Å². The predicted molar refractivity (Wildman–Crippen MR) is 79.2 cm³/mol. The summed E-state index contributed by atoms with van der Waals surface area (Å²) >= 11 is 1.48. The number of nitrogens with one attached hydrogen (secondary N) is 1. The number of amides is 1. The minimum Gasteiger partial charge on any atom is -0.481 e. The maximum Gasteiger partial charge on any atom is 0.311 e. The number of hydrogen-bond acceptors (Lipinski definition) is 3. The number of carboxylic acids is 1. The Balaban J connectivity index is 1.98. The summed E-state index contributed by atoms with van der Waals surface area (Å²) in [5, 5.41) is 12.3. The molecule has 1 aliphatic rings. The van der Waals surface area contributed by atoms with E-state index in [9.17, 15) is 14.7 Å². The van der Waals surface area contributed by atoms with Crippen LogP contribution in [0.15, 0.2) is 12.1 Å². The van der Waals surface area contributed by atoms with Crippen molar-refractivity contribution in [1.82, 2.24) is 5.32 Å². The highest BCUT2D eigenvalue weighted by Crippen LogP contribution is 2.36. The van der Waals surface area contributed by atoms with Gasteiger partial charge in [0, 0.05) is 11.4 Å². The molecular formula is C15H21NO3S. The van der Waals surface area contributed by atoms with E-state index in [2.05, 4.69) is 12.2 Å². The van der Waals surface area contributed by atoms with Crippen LogP contribution in [-0.4, -0.2) is 23.5 Å². The van der Waals surface area contributed by atoms with Gasteiger partial charge in [-0.25, -0.2) is 0 Å². The fourth-order valence-electron chi connectivity index (χ4n) is 2.72. The Hall–Kier alpha value is -1.36. The molecule has 0 aromatic carbocycles. The van der Waals surface area contributed by atoms with Crippen molar-refractivity contribution in [3.63, 3.8) is 0 Å². The summed E-state index contributed by atoms with van der Waals surface area (Å²) in [5.41, 5.74) is -0.765. The molecule has 4 nitrogen and oxygen atoms in total. The largest absolute Gasteiger partial charge is 0.481 e. The molecule has 1 aromatic rings. The molecule has 0 atom stereocenters. The number of carboxylic acid groups (broad SMARTS) is 1. The first-order chi connectivity index (χ1) is 9.57. The summed E-state index contributed by atoms with van der Waals surface area (Å²) in [4.78, 5) is 25.4. The molecule has 0 saturated heterocycles. The van der Waals surface area contributed by atoms with Crippen LogP contribution in [-0.2, 0) is 11.2 Å². The fraction of sp³-hybridized carbons (Fsp3) is 0.600. The van der Waals surface area contributed by atoms with Gasteiger partial charge in [0.1, 0.15) is 0 Å². The average molecular weight is 295 g/mol. The fourth-order valence-corrected chi connectivity index (χ4v) is 3.59. The molecule has 5 heteroatoms. The molecule has 0 aliphatic heterocycles. The van der Waals surface area contributed by atoms with E-state index in [4.69, 9.17) is 0 Å². The number of aliphatic carboxylic acids is 1. The highest BCUT2D eigenvalue weighted by atomic mass is 32.1. The van der Waals surface area contributed by atoms with Gasteiger partial charge in [-0.15, -0.1) is 11.3 Å². The van der Waals surface area contributed by atoms with Crippen molar-refractivity contribution in [2.75, 3.05) is 6.54 Å². The van der Waals surface area contributed by atoms with Crippen LogP contribution >= 0.6 is 11.3 Å². The zero-order chi connectivity index (χ0) is 14.6. The molecule has 110 valence electrons. The first kappa shape index (κ1) is 15.0. The van der Waals surface area contributed by atoms with Gasteiger partial charge in [-0.1, -0.05) is 26.2 Å². The lowest BCUT2D eigenvalue weighted by atomic mass is 9.74. The topological polar surface area (TPSA) is 66.4 Å². The molecule has 1 aromatic heterocycles. The van der Waals surface area contributed by atoms with Gasteiger partial charge in [-0.05, 0) is 31.4 Å². The first-order valence-corrected chi connectivity index (χ1v) is 7.99. The van der Waals surface area contributed by atoms with Gasteiger partial charge in [0.25, 0.3) is 5.91 Å². The highest BCUT2D eigenvalue weighted by Gasteiger charge is 2.39. The maximum atomic E-state index is 12.1. The second-order valence-corrected chi connectivity index (χ2v) is 6.62. The number of rotatable bonds is 5. The van der Waals surface area contributed by atoms with Gasteiger partial charge >= 0.3 is 5.97 Å². The van der Waals surface area contributed by atoms with Crippen molar-refractivity contribution in [2.24, 2.45) is 5.41 Å². The third-order valence-electron chi connectivity index (χ3n) is 4.09. The van der Waals surface area contributed by atoms with Crippen LogP contribution < -0.4 is 5.32 Å². The average Bonchev–Trinajstić information content (AvgIpc) is 2.94. The van der Waals surface area contributed by atoms with Crippen molar-refractivity contribution < 1.29 is 14.7 Å². The Bertz CT molecular complexity index is 489. The summed E-state index contributed by atoms with van der Waals surface area (Å²) in [7, 11) is 0. The third-order valence-corrected chi connectivity index (χ3v) is 5.31. The van der Waals surface area contributed by atoms with Crippen molar-refractivity contribution in [2.45, 2.75) is 45.4 Å². The molecule has 2 N–H and O–H groups in total. The van der Waals surface area contributed by atoms with E-state index in [1.807, 2.05) is 12.1 Å². The molecule has 1 fully saturated rings. The van der Waals surface area contributed by atoms with Crippen molar-refractivity contribution in [3.8, 4) is 0 Å². The number of hydrogen-bond donors (Lipinski definition) is 2. The number of aryl methyl sites for hydroxylation is 1. The maximum absolute atomic E-state index is 12.1. The lowest BCUT2D eigenvalue weighted by molar-refractivity contribution is -0.150. The number of carbonyl (C=O) groups excluding carboxylic acids is 1. The SMILES string of the molecule is CCc1ccc(C(=O)NCC2(C(=O)O)CCCCC2)s1. The van der Waals surface area contributed by atoms with Gasteiger partial charge in [0.05, 0.1) is 10.3 Å². The lowest BCUT2D eigenvalue weighted by Gasteiger charge is -2.33. The third kappa shape index (κ3) is 3.20. The molecule has 1 saturated carbocycles. The van der Waals surface area contributed by atoms with E-state index in [-0.39, 0.29) is 12.5 Å². The molecule has 1 amide bonds. The minimum atomic E-state index is -0.780. The first-order valence-electron chi connectivity index (χ1n) is 7.18. The van der Waals surface area contributed by atoms with E-state index < -0.39 is 11.4 Å². The smallest absolute Gasteiger partial charge is 0.311 e. The Morgan fingerprint density at radius 1 is 1.30 bits per heavy atom. The normalized spacial score (nSPS) is 17.6. The molecule has 2 rings (SSSR count). The summed E-state index contributed by atoms with van der Waals surface area (Å²) in [6.45, 7) is 2.29. The van der Waals surface area contributed by atoms with Gasteiger partial charge in [0.2, 0.25) is 0 Å². The molecule has 1 aliphatic carbocycles. The van der Waals surface area contributed by atoms with Crippen LogP contribution in [0, 0.1) is 5.41 Å². The zero-order valence-corrected chi connectivity index (χ0v) is 12.6. The molecule has 0 bridgehead atoms. The predicted octanol–water partition coefficient (Wildman–Crippen LogP) is 3.08. The van der Waals surface area contributed by atoms with Gasteiger partial charge in [-0.2, -0.15) is 0 Å². The van der Waals surface area contributed by atoms with Crippen molar-refractivity contribution in [1.29, 1.82) is 0 Å². The Morgan fingerprint density at radius 2 is 2.00 bits per heavy atom. The van der Waals surface area contributed by atoms with E-state index in [1.54, 1.807) is 0 Å². The zero-order valence-electron chi connectivity index (χ0n) is 11.8. The van der Waals surface area contributed by atoms with E-state index in [0.29, 0.717) is 17.7 Å². The number of thiophene rings is 1. The molecule has 20 heavy (non-hydrogen) atoms. The second-order valence-electron chi connectivity index (χ2n) is 5.45. The van der Waals surface area contributed by atoms with E-state index in [0.717, 1.165) is 25.7 Å². The summed E-state index contributed by atoms with van der Waals surface area (Å²) in [5.74, 6) is -0.932. The van der Waals surface area contributed by atoms with Crippen molar-refractivity contribution in [3.05, 3.63) is 21.9 Å². The Morgan fingerprint density at radius 3 is 2.55 bits per heavy atom. The summed E-state index contributed by atoms with van der Waals surface area (Å²) < 4.78 is 0. The van der Waals surface area contributed by atoms with E-state index >= 15 is 0 Å². The van der Waals surface area contributed by atoms with E-state index in [1.165, 1.54) is 16.2 Å². The van der Waals surface area contributed by atoms with Crippen molar-refractivity contribution >= 4 is 23.2 Å². The van der Waals surface area contributed by atoms with Gasteiger partial charge in [0.15, 0.2) is 0 Å². The Labute approximate surface area is 123 Å². The van der Waals surface area contributed by atoms with Gasteiger partial charge in [-0.3, -0.25) is 9.59 Å². The Kier molecular flexibility index (Phi) is 4.81. The number of carbonyl (C=O) groups is 2. The molecule has 1 heterocycles. The second kappa shape index (κ2) is 6.39. The molecular weight excluding hydrogens is 274 g/mol. The van der Waals surface area contributed by atoms with Crippen LogP contribution in [0.1, 0.15) is 53.6 Å². The van der Waals surface area contributed by atoms with Crippen LogP contribution in [0.2, 0.25) is 0 Å². The quantitative estimate of drug-likeness (QED) is 0.877. The monoisotopic (exact) mass is 295 g/mol. The van der Waals surface area contributed by atoms with Crippen LogP contribution in [0.4, 0.5) is 0 Å². The van der Waals surface area contributed by atoms with Crippen LogP contribution in [0.5, 0.6) is 0 Å². The molecule has 0 radical (unpaired) electrons. The minimum absolute atomic E-state index is 0.152. The highest BCUT2D eigenvalue weighted by molar-refractivity contribution is 7.14. The van der Waals surface area contributed by atoms with Gasteiger partial charge < -0.3 is 10.4 Å². The summed E-state index contributed by atoms with van der Waals surface area (Å²) in [6.07, 6.45) is 5.19. The summed E-state index contributed by atoms with van der Waals surface area (Å²) in [6, 6.07) is 3.76.